The first kappa shape index (κ1) is 21.7. The third-order valence-electron chi connectivity index (χ3n) is 4.96. The third-order valence-corrected chi connectivity index (χ3v) is 7.91. The van der Waals surface area contributed by atoms with Crippen LogP contribution in [0.25, 0.3) is 10.2 Å². The van der Waals surface area contributed by atoms with E-state index in [4.69, 9.17) is 9.47 Å². The highest BCUT2D eigenvalue weighted by atomic mass is 32.2. The zero-order valence-electron chi connectivity index (χ0n) is 17.0. The summed E-state index contributed by atoms with van der Waals surface area (Å²) in [7, 11) is -2.32. The van der Waals surface area contributed by atoms with Gasteiger partial charge in [0.2, 0.25) is 15.9 Å². The van der Waals surface area contributed by atoms with E-state index in [1.54, 1.807) is 12.1 Å². The van der Waals surface area contributed by atoms with Crippen molar-refractivity contribution in [3.63, 3.8) is 0 Å². The van der Waals surface area contributed by atoms with Gasteiger partial charge in [-0.2, -0.15) is 4.31 Å². The van der Waals surface area contributed by atoms with Crippen LogP contribution in [0, 0.1) is 0 Å². The second-order valence-electron chi connectivity index (χ2n) is 7.03. The lowest BCUT2D eigenvalue weighted by Crippen LogP contribution is -2.40. The van der Waals surface area contributed by atoms with Gasteiger partial charge in [-0.05, 0) is 29.8 Å². The maximum absolute atomic E-state index is 13.1. The average Bonchev–Trinajstić information content (AvgIpc) is 3.21. The number of rotatable bonds is 7. The molecule has 0 bridgehead atoms. The number of ether oxygens (including phenoxy) is 2. The first-order valence-electron chi connectivity index (χ1n) is 9.83. The Morgan fingerprint density at radius 3 is 2.74 bits per heavy atom. The standard InChI is InChI=1S/C21H23N3O5S2/c1-28-17-7-6-15(12-19(17)31(26,27)24-8-10-29-11-9-24)13-20(25)22-14-21-23-16-4-2-3-5-18(16)30-21/h2-7,12H,8-11,13-14H2,1H3,(H,22,25). The van der Waals surface area contributed by atoms with Crippen LogP contribution in [0.15, 0.2) is 47.4 Å². The summed E-state index contributed by atoms with van der Waals surface area (Å²) in [5, 5.41) is 3.68. The SMILES string of the molecule is COc1ccc(CC(=O)NCc2nc3ccccc3s2)cc1S(=O)(=O)N1CCOCC1. The number of carbonyl (C=O) groups excluding carboxylic acids is 1. The molecule has 8 nitrogen and oxygen atoms in total. The molecule has 2 aromatic carbocycles. The van der Waals surface area contributed by atoms with E-state index in [1.165, 1.54) is 28.8 Å². The highest BCUT2D eigenvalue weighted by Crippen LogP contribution is 2.28. The molecule has 4 rings (SSSR count). The van der Waals surface area contributed by atoms with Crippen molar-refractivity contribution in [3.05, 3.63) is 53.0 Å². The van der Waals surface area contributed by atoms with Crippen LogP contribution in [0.4, 0.5) is 0 Å². The first-order chi connectivity index (χ1) is 15.0. The zero-order valence-corrected chi connectivity index (χ0v) is 18.7. The topological polar surface area (TPSA) is 97.8 Å². The van der Waals surface area contributed by atoms with Crippen LogP contribution in [0.3, 0.4) is 0 Å². The highest BCUT2D eigenvalue weighted by molar-refractivity contribution is 7.89. The smallest absolute Gasteiger partial charge is 0.246 e. The van der Waals surface area contributed by atoms with Gasteiger partial charge in [-0.15, -0.1) is 11.3 Å². The second kappa shape index (κ2) is 9.31. The van der Waals surface area contributed by atoms with E-state index in [2.05, 4.69) is 10.3 Å². The van der Waals surface area contributed by atoms with Crippen molar-refractivity contribution in [3.8, 4) is 5.75 Å². The summed E-state index contributed by atoms with van der Waals surface area (Å²) in [6.45, 7) is 1.62. The molecular weight excluding hydrogens is 438 g/mol. The summed E-state index contributed by atoms with van der Waals surface area (Å²) < 4.78 is 39.1. The quantitative estimate of drug-likeness (QED) is 0.579. The molecule has 2 heterocycles. The second-order valence-corrected chi connectivity index (χ2v) is 10.1. The van der Waals surface area contributed by atoms with Gasteiger partial charge in [0.25, 0.3) is 0 Å². The van der Waals surface area contributed by atoms with Crippen molar-refractivity contribution in [1.29, 1.82) is 0 Å². The number of hydrogen-bond donors (Lipinski definition) is 1. The van der Waals surface area contributed by atoms with E-state index in [0.29, 0.717) is 38.4 Å². The fraction of sp³-hybridized carbons (Fsp3) is 0.333. The van der Waals surface area contributed by atoms with Gasteiger partial charge in [-0.25, -0.2) is 13.4 Å². The lowest BCUT2D eigenvalue weighted by molar-refractivity contribution is -0.120. The molecule has 1 aliphatic rings. The molecule has 1 fully saturated rings. The van der Waals surface area contributed by atoms with Crippen molar-refractivity contribution in [2.45, 2.75) is 17.9 Å². The van der Waals surface area contributed by atoms with Crippen molar-refractivity contribution >= 4 is 37.5 Å². The summed E-state index contributed by atoms with van der Waals surface area (Å²) >= 11 is 1.53. The summed E-state index contributed by atoms with van der Waals surface area (Å²) in [6.07, 6.45) is 0.0561. The molecule has 1 saturated heterocycles. The fourth-order valence-corrected chi connectivity index (χ4v) is 5.90. The number of carbonyl (C=O) groups is 1. The summed E-state index contributed by atoms with van der Waals surface area (Å²) in [5.74, 6) is 0.0456. The molecule has 10 heteroatoms. The predicted octanol–water partition coefficient (Wildman–Crippen LogP) is 2.18. The molecule has 1 aromatic heterocycles. The number of para-hydroxylation sites is 1. The zero-order chi connectivity index (χ0) is 21.8. The number of nitrogens with zero attached hydrogens (tertiary/aromatic N) is 2. The summed E-state index contributed by atoms with van der Waals surface area (Å²) in [5.41, 5.74) is 1.50. The van der Waals surface area contributed by atoms with Crippen LogP contribution in [0.1, 0.15) is 10.6 Å². The lowest BCUT2D eigenvalue weighted by atomic mass is 10.1. The highest BCUT2D eigenvalue weighted by Gasteiger charge is 2.29. The Morgan fingerprint density at radius 2 is 2.00 bits per heavy atom. The first-order valence-corrected chi connectivity index (χ1v) is 12.1. The lowest BCUT2D eigenvalue weighted by Gasteiger charge is -2.26. The van der Waals surface area contributed by atoms with Gasteiger partial charge < -0.3 is 14.8 Å². The van der Waals surface area contributed by atoms with E-state index in [-0.39, 0.29) is 23.0 Å². The average molecular weight is 462 g/mol. The van der Waals surface area contributed by atoms with Gasteiger partial charge in [-0.3, -0.25) is 4.79 Å². The monoisotopic (exact) mass is 461 g/mol. The van der Waals surface area contributed by atoms with Crippen LogP contribution in [-0.2, 0) is 32.5 Å². The van der Waals surface area contributed by atoms with Crippen molar-refractivity contribution < 1.29 is 22.7 Å². The van der Waals surface area contributed by atoms with Gasteiger partial charge in [-0.1, -0.05) is 18.2 Å². The Kier molecular flexibility index (Phi) is 6.51. The normalized spacial score (nSPS) is 15.1. The maximum atomic E-state index is 13.1. The summed E-state index contributed by atoms with van der Waals surface area (Å²) in [6, 6.07) is 12.6. The number of fused-ring (bicyclic) bond motifs is 1. The molecule has 3 aromatic rings. The van der Waals surface area contributed by atoms with Crippen molar-refractivity contribution in [2.24, 2.45) is 0 Å². The van der Waals surface area contributed by atoms with Gasteiger partial charge in [0.05, 0.1) is 43.5 Å². The molecule has 0 radical (unpaired) electrons. The molecule has 0 unspecified atom stereocenters. The minimum Gasteiger partial charge on any atom is -0.495 e. The van der Waals surface area contributed by atoms with E-state index in [0.717, 1.165) is 15.2 Å². The van der Waals surface area contributed by atoms with Crippen LogP contribution in [0.2, 0.25) is 0 Å². The van der Waals surface area contributed by atoms with Crippen LogP contribution >= 0.6 is 11.3 Å². The molecule has 1 aliphatic heterocycles. The maximum Gasteiger partial charge on any atom is 0.246 e. The Morgan fingerprint density at radius 1 is 1.23 bits per heavy atom. The van der Waals surface area contributed by atoms with E-state index < -0.39 is 10.0 Å². The molecule has 31 heavy (non-hydrogen) atoms. The molecule has 164 valence electrons. The molecule has 0 saturated carbocycles. The number of benzene rings is 2. The van der Waals surface area contributed by atoms with Gasteiger partial charge in [0.1, 0.15) is 15.7 Å². The number of aromatic nitrogens is 1. The van der Waals surface area contributed by atoms with Gasteiger partial charge in [0, 0.05) is 13.1 Å². The van der Waals surface area contributed by atoms with Gasteiger partial charge >= 0.3 is 0 Å². The number of methoxy groups -OCH3 is 1. The molecule has 0 spiro atoms. The van der Waals surface area contributed by atoms with E-state index in [9.17, 15) is 13.2 Å². The van der Waals surface area contributed by atoms with Crippen LogP contribution in [-0.4, -0.2) is 57.0 Å². The molecule has 1 amide bonds. The minimum atomic E-state index is -3.74. The molecule has 0 aliphatic carbocycles. The van der Waals surface area contributed by atoms with Gasteiger partial charge in [0.15, 0.2) is 0 Å². The molecule has 1 N–H and O–H groups in total. The molecular formula is C21H23N3O5S2. The van der Waals surface area contributed by atoms with Crippen LogP contribution < -0.4 is 10.1 Å². The van der Waals surface area contributed by atoms with E-state index in [1.807, 2.05) is 24.3 Å². The number of amides is 1. The number of sulfonamides is 1. The Labute approximate surface area is 184 Å². The Balaban J connectivity index is 1.46. The largest absolute Gasteiger partial charge is 0.495 e. The molecule has 0 atom stereocenters. The third kappa shape index (κ3) is 4.87. The number of morpholine rings is 1. The number of nitrogens with one attached hydrogen (secondary N) is 1. The van der Waals surface area contributed by atoms with E-state index >= 15 is 0 Å². The fourth-order valence-electron chi connectivity index (χ4n) is 3.38. The Hall–Kier alpha value is -2.53. The number of thiazole rings is 1. The minimum absolute atomic E-state index is 0.0561. The van der Waals surface area contributed by atoms with Crippen molar-refractivity contribution in [1.82, 2.24) is 14.6 Å². The predicted molar refractivity (Wildman–Crippen MR) is 118 cm³/mol. The summed E-state index contributed by atoms with van der Waals surface area (Å²) in [4.78, 5) is 17.0. The number of hydrogen-bond acceptors (Lipinski definition) is 7. The van der Waals surface area contributed by atoms with Crippen LogP contribution in [0.5, 0.6) is 5.75 Å². The Bertz CT molecular complexity index is 1150. The van der Waals surface area contributed by atoms with Crippen molar-refractivity contribution in [2.75, 3.05) is 33.4 Å².